The van der Waals surface area contributed by atoms with E-state index in [1.165, 1.54) is 0 Å². The molecule has 0 aliphatic carbocycles. The van der Waals surface area contributed by atoms with E-state index in [0.717, 1.165) is 15.4 Å². The Hall–Kier alpha value is -0.0800. The van der Waals surface area contributed by atoms with Gasteiger partial charge in [-0.25, -0.2) is 0 Å². The molecule has 0 bridgehead atoms. The Bertz CT molecular complexity index is 198. The second-order valence-electron chi connectivity index (χ2n) is 1.92. The quantitative estimate of drug-likeness (QED) is 0.530. The van der Waals surface area contributed by atoms with Crippen molar-refractivity contribution in [2.75, 3.05) is 0 Å². The SMILES string of the molecule is Cc1c(S)cccc1S. The van der Waals surface area contributed by atoms with Crippen LogP contribution in [-0.2, 0) is 0 Å². The first-order chi connectivity index (χ1) is 4.22. The average Bonchev–Trinajstić information content (AvgIpc) is 1.83. The van der Waals surface area contributed by atoms with Gasteiger partial charge in [-0.1, -0.05) is 6.07 Å². The molecule has 0 unspecified atom stereocenters. The van der Waals surface area contributed by atoms with E-state index in [4.69, 9.17) is 0 Å². The van der Waals surface area contributed by atoms with E-state index in [2.05, 4.69) is 25.3 Å². The zero-order valence-electron chi connectivity index (χ0n) is 5.13. The summed E-state index contributed by atoms with van der Waals surface area (Å²) >= 11 is 8.44. The van der Waals surface area contributed by atoms with Crippen molar-refractivity contribution >= 4 is 25.3 Å². The predicted octanol–water partition coefficient (Wildman–Crippen LogP) is 2.57. The Morgan fingerprint density at radius 2 is 1.56 bits per heavy atom. The lowest BCUT2D eigenvalue weighted by molar-refractivity contribution is 1.20. The summed E-state index contributed by atoms with van der Waals surface area (Å²) in [5, 5.41) is 0. The van der Waals surface area contributed by atoms with Crippen LogP contribution in [0.1, 0.15) is 5.56 Å². The van der Waals surface area contributed by atoms with Gasteiger partial charge in [0.1, 0.15) is 0 Å². The van der Waals surface area contributed by atoms with Crippen molar-refractivity contribution in [2.45, 2.75) is 16.7 Å². The second-order valence-corrected chi connectivity index (χ2v) is 2.88. The lowest BCUT2D eigenvalue weighted by atomic mass is 10.2. The van der Waals surface area contributed by atoms with Crippen LogP contribution in [0.5, 0.6) is 0 Å². The number of benzene rings is 1. The summed E-state index contributed by atoms with van der Waals surface area (Å²) in [6, 6.07) is 5.86. The molecule has 1 aromatic rings. The van der Waals surface area contributed by atoms with Gasteiger partial charge in [-0.15, -0.1) is 25.3 Å². The summed E-state index contributed by atoms with van der Waals surface area (Å²) in [4.78, 5) is 2.00. The molecule has 48 valence electrons. The first-order valence-corrected chi connectivity index (χ1v) is 3.59. The maximum absolute atomic E-state index is 4.22. The second kappa shape index (κ2) is 2.67. The van der Waals surface area contributed by atoms with Crippen LogP contribution in [0.25, 0.3) is 0 Å². The van der Waals surface area contributed by atoms with E-state index >= 15 is 0 Å². The molecule has 1 rings (SSSR count). The van der Waals surface area contributed by atoms with E-state index in [-0.39, 0.29) is 0 Å². The Morgan fingerprint density at radius 1 is 1.11 bits per heavy atom. The molecule has 9 heavy (non-hydrogen) atoms. The minimum Gasteiger partial charge on any atom is -0.143 e. The van der Waals surface area contributed by atoms with Crippen molar-refractivity contribution in [1.82, 2.24) is 0 Å². The van der Waals surface area contributed by atoms with Gasteiger partial charge in [0.15, 0.2) is 0 Å². The molecule has 0 aliphatic rings. The molecule has 0 fully saturated rings. The molecule has 2 heteroatoms. The van der Waals surface area contributed by atoms with Crippen LogP contribution in [0.15, 0.2) is 28.0 Å². The maximum Gasteiger partial charge on any atom is 0.00802 e. The van der Waals surface area contributed by atoms with Gasteiger partial charge < -0.3 is 0 Å². The fourth-order valence-corrected chi connectivity index (χ4v) is 1.11. The van der Waals surface area contributed by atoms with Crippen molar-refractivity contribution in [3.8, 4) is 0 Å². The number of rotatable bonds is 0. The van der Waals surface area contributed by atoms with Crippen LogP contribution in [0.2, 0.25) is 0 Å². The molecule has 0 nitrogen and oxygen atoms in total. The van der Waals surface area contributed by atoms with Crippen molar-refractivity contribution in [3.63, 3.8) is 0 Å². The summed E-state index contributed by atoms with van der Waals surface area (Å²) in [6.07, 6.45) is 0. The first kappa shape index (κ1) is 7.03. The van der Waals surface area contributed by atoms with Crippen LogP contribution in [0.4, 0.5) is 0 Å². The van der Waals surface area contributed by atoms with Crippen molar-refractivity contribution in [3.05, 3.63) is 23.8 Å². The summed E-state index contributed by atoms with van der Waals surface area (Å²) in [7, 11) is 0. The number of hydrogen-bond donors (Lipinski definition) is 2. The standard InChI is InChI=1S/C7H8S2/c1-5-6(8)3-2-4-7(5)9/h2-4,8-9H,1H3. The first-order valence-electron chi connectivity index (χ1n) is 2.69. The fraction of sp³-hybridized carbons (Fsp3) is 0.143. The molecule has 0 N–H and O–H groups in total. The minimum absolute atomic E-state index is 1.00. The third-order valence-corrected chi connectivity index (χ3v) is 2.25. The lowest BCUT2D eigenvalue weighted by Crippen LogP contribution is -1.76. The molecule has 0 amide bonds. The normalized spacial score (nSPS) is 9.67. The molecule has 1 aromatic carbocycles. The molecule has 0 atom stereocenters. The van der Waals surface area contributed by atoms with E-state index in [1.807, 2.05) is 25.1 Å². The van der Waals surface area contributed by atoms with Gasteiger partial charge in [-0.3, -0.25) is 0 Å². The monoisotopic (exact) mass is 156 g/mol. The van der Waals surface area contributed by atoms with Gasteiger partial charge in [0, 0.05) is 9.79 Å². The highest BCUT2D eigenvalue weighted by Gasteiger charge is 1.93. The van der Waals surface area contributed by atoms with Gasteiger partial charge in [0.05, 0.1) is 0 Å². The molecule has 0 heterocycles. The lowest BCUT2D eigenvalue weighted by Gasteiger charge is -1.99. The van der Waals surface area contributed by atoms with Gasteiger partial charge in [-0.05, 0) is 24.6 Å². The maximum atomic E-state index is 4.22. The minimum atomic E-state index is 1.00. The van der Waals surface area contributed by atoms with Crippen LogP contribution >= 0.6 is 25.3 Å². The van der Waals surface area contributed by atoms with Crippen LogP contribution < -0.4 is 0 Å². The van der Waals surface area contributed by atoms with Gasteiger partial charge in [0.25, 0.3) is 0 Å². The van der Waals surface area contributed by atoms with Gasteiger partial charge in [0.2, 0.25) is 0 Å². The Labute approximate surface area is 66.1 Å². The topological polar surface area (TPSA) is 0 Å². The highest BCUT2D eigenvalue weighted by Crippen LogP contribution is 2.19. The molecule has 0 saturated carbocycles. The van der Waals surface area contributed by atoms with Crippen LogP contribution in [0.3, 0.4) is 0 Å². The van der Waals surface area contributed by atoms with Gasteiger partial charge >= 0.3 is 0 Å². The Balaban J connectivity index is 3.25. The van der Waals surface area contributed by atoms with Crippen molar-refractivity contribution < 1.29 is 0 Å². The Kier molecular flexibility index (Phi) is 2.09. The molecule has 0 aromatic heterocycles. The number of thiol groups is 2. The smallest absolute Gasteiger partial charge is 0.00802 e. The third-order valence-electron chi connectivity index (χ3n) is 1.28. The highest BCUT2D eigenvalue weighted by molar-refractivity contribution is 7.81. The fourth-order valence-electron chi connectivity index (χ4n) is 0.612. The summed E-state index contributed by atoms with van der Waals surface area (Å²) < 4.78 is 0. The number of hydrogen-bond acceptors (Lipinski definition) is 2. The molecular formula is C7H8S2. The molecule has 0 radical (unpaired) electrons. The highest BCUT2D eigenvalue weighted by atomic mass is 32.1. The van der Waals surface area contributed by atoms with E-state index < -0.39 is 0 Å². The molecule has 0 aliphatic heterocycles. The van der Waals surface area contributed by atoms with E-state index in [1.54, 1.807) is 0 Å². The third kappa shape index (κ3) is 1.43. The van der Waals surface area contributed by atoms with Crippen molar-refractivity contribution in [1.29, 1.82) is 0 Å². The summed E-state index contributed by atoms with van der Waals surface area (Å²) in [5.41, 5.74) is 1.14. The zero-order chi connectivity index (χ0) is 6.85. The van der Waals surface area contributed by atoms with Crippen LogP contribution in [0, 0.1) is 6.92 Å². The molecule has 0 spiro atoms. The van der Waals surface area contributed by atoms with Crippen LogP contribution in [-0.4, -0.2) is 0 Å². The van der Waals surface area contributed by atoms with E-state index in [0.29, 0.717) is 0 Å². The summed E-state index contributed by atoms with van der Waals surface area (Å²) in [6.45, 7) is 2.00. The van der Waals surface area contributed by atoms with Gasteiger partial charge in [-0.2, -0.15) is 0 Å². The predicted molar refractivity (Wildman–Crippen MR) is 45.7 cm³/mol. The average molecular weight is 156 g/mol. The molecular weight excluding hydrogens is 148 g/mol. The van der Waals surface area contributed by atoms with Crippen molar-refractivity contribution in [2.24, 2.45) is 0 Å². The van der Waals surface area contributed by atoms with E-state index in [9.17, 15) is 0 Å². The summed E-state index contributed by atoms with van der Waals surface area (Å²) in [5.74, 6) is 0. The largest absolute Gasteiger partial charge is 0.143 e. The Morgan fingerprint density at radius 3 is 1.89 bits per heavy atom. The molecule has 0 saturated heterocycles. The zero-order valence-corrected chi connectivity index (χ0v) is 6.92.